The Bertz CT molecular complexity index is 347. The van der Waals surface area contributed by atoms with Crippen LogP contribution in [0.5, 0.6) is 0 Å². The Kier molecular flexibility index (Phi) is 4.40. The number of nitrogens with one attached hydrogen (secondary N) is 3. The summed E-state index contributed by atoms with van der Waals surface area (Å²) in [5.74, 6) is -1.59. The molecule has 88 valence electrons. The summed E-state index contributed by atoms with van der Waals surface area (Å²) >= 11 is 0. The van der Waals surface area contributed by atoms with Crippen LogP contribution < -0.4 is 10.6 Å². The van der Waals surface area contributed by atoms with E-state index in [4.69, 9.17) is 5.11 Å². The van der Waals surface area contributed by atoms with Gasteiger partial charge in [-0.05, 0) is 6.42 Å². The number of aromatic amines is 1. The van der Waals surface area contributed by atoms with Crippen LogP contribution in [-0.2, 0) is 9.59 Å². The lowest BCUT2D eigenvalue weighted by molar-refractivity contribution is -0.136. The molecule has 1 aromatic heterocycles. The van der Waals surface area contributed by atoms with Crippen molar-refractivity contribution in [1.29, 1.82) is 0 Å². The van der Waals surface area contributed by atoms with Crippen LogP contribution in [-0.4, -0.2) is 44.8 Å². The van der Waals surface area contributed by atoms with Crippen molar-refractivity contribution in [2.45, 2.75) is 19.4 Å². The molecule has 0 aliphatic heterocycles. The fraction of sp³-hybridized carbons (Fsp3) is 0.500. The molecule has 4 N–H and O–H groups in total. The van der Waals surface area contributed by atoms with E-state index in [1.165, 1.54) is 6.33 Å². The number of amides is 2. The predicted molar refractivity (Wildman–Crippen MR) is 54.3 cm³/mol. The van der Waals surface area contributed by atoms with Gasteiger partial charge in [0.05, 0.1) is 12.6 Å². The number of H-pyrrole nitrogens is 1. The molecule has 0 aliphatic carbocycles. The van der Waals surface area contributed by atoms with Gasteiger partial charge in [-0.3, -0.25) is 14.9 Å². The van der Waals surface area contributed by atoms with E-state index in [2.05, 4.69) is 25.8 Å². The summed E-state index contributed by atoms with van der Waals surface area (Å²) in [6.45, 7) is 1.58. The average molecular weight is 227 g/mol. The van der Waals surface area contributed by atoms with E-state index in [9.17, 15) is 9.59 Å². The summed E-state index contributed by atoms with van der Waals surface area (Å²) in [5.41, 5.74) is 0. The number of rotatable bonds is 4. The maximum atomic E-state index is 11.3. The first-order chi connectivity index (χ1) is 7.67. The molecule has 1 rings (SSSR count). The van der Waals surface area contributed by atoms with Crippen LogP contribution in [0.2, 0.25) is 0 Å². The molecule has 0 aromatic carbocycles. The molecule has 1 aromatic rings. The number of anilines is 1. The molecule has 16 heavy (non-hydrogen) atoms. The smallest absolute Gasteiger partial charge is 0.316 e. The minimum Gasteiger partial charge on any atom is -0.394 e. The van der Waals surface area contributed by atoms with Crippen LogP contribution in [0, 0.1) is 0 Å². The molecular formula is C8H13N5O3. The minimum atomic E-state index is -0.858. The van der Waals surface area contributed by atoms with Gasteiger partial charge in [-0.2, -0.15) is 10.1 Å². The lowest BCUT2D eigenvalue weighted by Crippen LogP contribution is -2.43. The van der Waals surface area contributed by atoms with Crippen LogP contribution in [0.3, 0.4) is 0 Å². The van der Waals surface area contributed by atoms with Crippen molar-refractivity contribution < 1.29 is 14.7 Å². The topological polar surface area (TPSA) is 120 Å². The van der Waals surface area contributed by atoms with E-state index < -0.39 is 17.9 Å². The van der Waals surface area contributed by atoms with Crippen molar-refractivity contribution in [3.63, 3.8) is 0 Å². The molecule has 0 saturated carbocycles. The van der Waals surface area contributed by atoms with Gasteiger partial charge in [-0.15, -0.1) is 0 Å². The fourth-order valence-corrected chi connectivity index (χ4v) is 0.958. The SMILES string of the molecule is CCC(CO)NC(=O)C(=O)Nc1ncn[nH]1. The number of hydrogen-bond donors (Lipinski definition) is 4. The predicted octanol–water partition coefficient (Wildman–Crippen LogP) is -1.37. The highest BCUT2D eigenvalue weighted by Gasteiger charge is 2.17. The molecule has 8 nitrogen and oxygen atoms in total. The Morgan fingerprint density at radius 2 is 2.31 bits per heavy atom. The molecule has 0 bridgehead atoms. The Balaban J connectivity index is 2.45. The van der Waals surface area contributed by atoms with E-state index in [0.717, 1.165) is 0 Å². The Morgan fingerprint density at radius 1 is 1.56 bits per heavy atom. The second-order valence-corrected chi connectivity index (χ2v) is 3.05. The molecule has 0 radical (unpaired) electrons. The molecule has 0 saturated heterocycles. The summed E-state index contributed by atoms with van der Waals surface area (Å²) in [7, 11) is 0. The Morgan fingerprint density at radius 3 is 2.81 bits per heavy atom. The van der Waals surface area contributed by atoms with Crippen LogP contribution in [0.15, 0.2) is 6.33 Å². The first-order valence-electron chi connectivity index (χ1n) is 4.75. The fourth-order valence-electron chi connectivity index (χ4n) is 0.958. The summed E-state index contributed by atoms with van der Waals surface area (Å²) in [6, 6.07) is -0.423. The van der Waals surface area contributed by atoms with E-state index >= 15 is 0 Å². The zero-order valence-electron chi connectivity index (χ0n) is 8.73. The zero-order valence-corrected chi connectivity index (χ0v) is 8.73. The molecule has 0 spiro atoms. The van der Waals surface area contributed by atoms with E-state index in [0.29, 0.717) is 6.42 Å². The Labute approximate surface area is 91.5 Å². The Hall–Kier alpha value is -1.96. The monoisotopic (exact) mass is 227 g/mol. The van der Waals surface area contributed by atoms with Gasteiger partial charge in [-0.1, -0.05) is 6.92 Å². The second-order valence-electron chi connectivity index (χ2n) is 3.05. The van der Waals surface area contributed by atoms with Crippen molar-refractivity contribution in [2.24, 2.45) is 0 Å². The lowest BCUT2D eigenvalue weighted by Gasteiger charge is -2.12. The maximum absolute atomic E-state index is 11.3. The summed E-state index contributed by atoms with van der Waals surface area (Å²) in [6.07, 6.45) is 1.74. The zero-order chi connectivity index (χ0) is 12.0. The molecule has 0 fully saturated rings. The number of aromatic nitrogens is 3. The van der Waals surface area contributed by atoms with Gasteiger partial charge in [0.25, 0.3) is 0 Å². The summed E-state index contributed by atoms with van der Waals surface area (Å²) in [4.78, 5) is 26.2. The molecule has 1 heterocycles. The van der Waals surface area contributed by atoms with Crippen molar-refractivity contribution in [3.05, 3.63) is 6.33 Å². The minimum absolute atomic E-state index is 0.0946. The number of aliphatic hydroxyl groups excluding tert-OH is 1. The average Bonchev–Trinajstić information content (AvgIpc) is 2.78. The largest absolute Gasteiger partial charge is 0.394 e. The second kappa shape index (κ2) is 5.81. The van der Waals surface area contributed by atoms with Crippen molar-refractivity contribution in [1.82, 2.24) is 20.5 Å². The number of nitrogens with zero attached hydrogens (tertiary/aromatic N) is 2. The van der Waals surface area contributed by atoms with Gasteiger partial charge < -0.3 is 10.4 Å². The molecule has 2 amide bonds. The standard InChI is InChI=1S/C8H13N5O3/c1-2-5(3-14)11-6(15)7(16)12-8-9-4-10-13-8/h4-5,14H,2-3H2,1H3,(H,11,15)(H2,9,10,12,13,16). The van der Waals surface area contributed by atoms with Gasteiger partial charge in [-0.25, -0.2) is 5.10 Å². The van der Waals surface area contributed by atoms with E-state index in [1.807, 2.05) is 0 Å². The van der Waals surface area contributed by atoms with E-state index in [1.54, 1.807) is 6.92 Å². The number of carbonyl (C=O) groups is 2. The molecule has 1 atom stereocenters. The van der Waals surface area contributed by atoms with Crippen LogP contribution in [0.4, 0.5) is 5.95 Å². The summed E-state index contributed by atoms with van der Waals surface area (Å²) < 4.78 is 0. The van der Waals surface area contributed by atoms with Crippen LogP contribution in [0.1, 0.15) is 13.3 Å². The highest BCUT2D eigenvalue weighted by molar-refractivity contribution is 6.39. The van der Waals surface area contributed by atoms with Crippen LogP contribution >= 0.6 is 0 Å². The maximum Gasteiger partial charge on any atom is 0.316 e. The number of carbonyl (C=O) groups excluding carboxylic acids is 2. The van der Waals surface area contributed by atoms with Crippen molar-refractivity contribution >= 4 is 17.8 Å². The summed E-state index contributed by atoms with van der Waals surface area (Å²) in [5, 5.41) is 19.3. The lowest BCUT2D eigenvalue weighted by atomic mass is 10.2. The van der Waals surface area contributed by atoms with Crippen molar-refractivity contribution in [2.75, 3.05) is 11.9 Å². The quantitative estimate of drug-likeness (QED) is 0.473. The third-order valence-electron chi connectivity index (χ3n) is 1.90. The van der Waals surface area contributed by atoms with Gasteiger partial charge >= 0.3 is 11.8 Å². The number of hydrogen-bond acceptors (Lipinski definition) is 5. The van der Waals surface area contributed by atoms with Crippen molar-refractivity contribution in [3.8, 4) is 0 Å². The third-order valence-corrected chi connectivity index (χ3v) is 1.90. The van der Waals surface area contributed by atoms with Gasteiger partial charge in [0, 0.05) is 0 Å². The van der Waals surface area contributed by atoms with E-state index in [-0.39, 0.29) is 12.6 Å². The van der Waals surface area contributed by atoms with Gasteiger partial charge in [0.2, 0.25) is 5.95 Å². The first kappa shape index (κ1) is 12.1. The molecule has 8 heteroatoms. The normalized spacial score (nSPS) is 11.9. The highest BCUT2D eigenvalue weighted by Crippen LogP contribution is 1.93. The highest BCUT2D eigenvalue weighted by atomic mass is 16.3. The van der Waals surface area contributed by atoms with Gasteiger partial charge in [0.1, 0.15) is 6.33 Å². The third kappa shape index (κ3) is 3.31. The molecule has 0 aliphatic rings. The first-order valence-corrected chi connectivity index (χ1v) is 4.75. The molecule has 1 unspecified atom stereocenters. The molecular weight excluding hydrogens is 214 g/mol. The van der Waals surface area contributed by atoms with Crippen LogP contribution in [0.25, 0.3) is 0 Å². The van der Waals surface area contributed by atoms with Gasteiger partial charge in [0.15, 0.2) is 0 Å². The number of aliphatic hydroxyl groups is 1.